The second kappa shape index (κ2) is 15.4. The van der Waals surface area contributed by atoms with Gasteiger partial charge in [-0.15, -0.1) is 0 Å². The van der Waals surface area contributed by atoms with Gasteiger partial charge in [-0.05, 0) is 98.1 Å². The number of benzene rings is 9. The number of rotatable bonds is 9. The fourth-order valence-corrected chi connectivity index (χ4v) is 7.50. The molecule has 9 aromatic carbocycles. The first kappa shape index (κ1) is 33.6. The van der Waals surface area contributed by atoms with Crippen LogP contribution in [0.5, 0.6) is 0 Å². The van der Waals surface area contributed by atoms with Gasteiger partial charge in [0, 0.05) is 22.5 Å². The van der Waals surface area contributed by atoms with Crippen LogP contribution in [0.2, 0.25) is 0 Å². The zero-order valence-electron chi connectivity index (χ0n) is 30.5. The van der Waals surface area contributed by atoms with Crippen molar-refractivity contribution in [2.45, 2.75) is 0 Å². The summed E-state index contributed by atoms with van der Waals surface area (Å²) in [7, 11) is 0. The smallest absolute Gasteiger partial charge is 0.0618 e. The van der Waals surface area contributed by atoms with Gasteiger partial charge in [-0.2, -0.15) is 0 Å². The van der Waals surface area contributed by atoms with Crippen LogP contribution in [0.25, 0.3) is 66.8 Å². The molecule has 1 heteroatoms. The van der Waals surface area contributed by atoms with Gasteiger partial charge in [0.1, 0.15) is 0 Å². The quantitative estimate of drug-likeness (QED) is 0.145. The Morgan fingerprint density at radius 1 is 0.200 bits per heavy atom. The lowest BCUT2D eigenvalue weighted by atomic mass is 9.89. The Hall–Kier alpha value is -7.22. The minimum Gasteiger partial charge on any atom is -0.309 e. The Balaban J connectivity index is 1.26. The number of hydrogen-bond donors (Lipinski definition) is 0. The monoisotopic (exact) mass is 701 g/mol. The fourth-order valence-electron chi connectivity index (χ4n) is 7.50. The van der Waals surface area contributed by atoms with Gasteiger partial charge in [0.2, 0.25) is 0 Å². The van der Waals surface area contributed by atoms with Crippen LogP contribution in [0.1, 0.15) is 0 Å². The molecular formula is C54H39N. The molecule has 0 N–H and O–H groups in total. The van der Waals surface area contributed by atoms with Crippen LogP contribution >= 0.6 is 0 Å². The first-order chi connectivity index (χ1) is 27.3. The molecule has 0 fully saturated rings. The van der Waals surface area contributed by atoms with E-state index in [1.165, 1.54) is 44.5 Å². The summed E-state index contributed by atoms with van der Waals surface area (Å²) >= 11 is 0. The van der Waals surface area contributed by atoms with E-state index in [4.69, 9.17) is 0 Å². The molecule has 0 aliphatic heterocycles. The van der Waals surface area contributed by atoms with E-state index in [1.807, 2.05) is 0 Å². The van der Waals surface area contributed by atoms with Crippen molar-refractivity contribution < 1.29 is 0 Å². The average molecular weight is 702 g/mol. The molecule has 0 radical (unpaired) electrons. The van der Waals surface area contributed by atoms with Gasteiger partial charge in [-0.25, -0.2) is 0 Å². The van der Waals surface area contributed by atoms with Gasteiger partial charge in [0.05, 0.1) is 5.69 Å². The van der Waals surface area contributed by atoms with Gasteiger partial charge in [-0.1, -0.05) is 194 Å². The van der Waals surface area contributed by atoms with Crippen molar-refractivity contribution in [3.05, 3.63) is 237 Å². The predicted molar refractivity (Wildman–Crippen MR) is 234 cm³/mol. The van der Waals surface area contributed by atoms with Crippen LogP contribution in [0.3, 0.4) is 0 Å². The molecule has 0 bridgehead atoms. The molecule has 0 unspecified atom stereocenters. The normalized spacial score (nSPS) is 10.9. The van der Waals surface area contributed by atoms with Gasteiger partial charge < -0.3 is 4.90 Å². The third-order valence-corrected chi connectivity index (χ3v) is 10.3. The van der Waals surface area contributed by atoms with Crippen molar-refractivity contribution in [1.82, 2.24) is 0 Å². The maximum Gasteiger partial charge on any atom is 0.0618 e. The highest BCUT2D eigenvalue weighted by Crippen LogP contribution is 2.49. The Labute approximate surface area is 324 Å². The van der Waals surface area contributed by atoms with Crippen molar-refractivity contribution in [2.24, 2.45) is 0 Å². The molecule has 0 saturated heterocycles. The fraction of sp³-hybridized carbons (Fsp3) is 0. The molecule has 0 aliphatic carbocycles. The zero-order chi connectivity index (χ0) is 36.8. The standard InChI is InChI=1S/C54H39N/c1-6-17-40(18-7-1)43-29-33-50(34-30-43)55(51-35-31-44(32-36-51)48-28-16-27-47(37-48)41-19-8-2-9-20-41)54-52(45-23-12-4-13-24-45)38-49(42-21-10-3-11-22-42)39-53(54)46-25-14-5-15-26-46/h1-39H. The molecule has 0 heterocycles. The van der Waals surface area contributed by atoms with E-state index in [0.29, 0.717) is 0 Å². The van der Waals surface area contributed by atoms with Gasteiger partial charge in [0.25, 0.3) is 0 Å². The van der Waals surface area contributed by atoms with Crippen LogP contribution in [0.15, 0.2) is 237 Å². The van der Waals surface area contributed by atoms with Gasteiger partial charge in [0.15, 0.2) is 0 Å². The predicted octanol–water partition coefficient (Wildman–Crippen LogP) is 15.2. The van der Waals surface area contributed by atoms with Gasteiger partial charge >= 0.3 is 0 Å². The largest absolute Gasteiger partial charge is 0.309 e. The summed E-state index contributed by atoms with van der Waals surface area (Å²) in [5.41, 5.74) is 17.5. The lowest BCUT2D eigenvalue weighted by Gasteiger charge is -2.31. The number of anilines is 3. The van der Waals surface area contributed by atoms with E-state index in [-0.39, 0.29) is 0 Å². The van der Waals surface area contributed by atoms with Crippen LogP contribution in [0, 0.1) is 0 Å². The number of hydrogen-bond acceptors (Lipinski definition) is 1. The summed E-state index contributed by atoms with van der Waals surface area (Å²) < 4.78 is 0. The molecule has 0 aliphatic rings. The Kier molecular flexibility index (Phi) is 9.41. The second-order valence-corrected chi connectivity index (χ2v) is 13.8. The highest BCUT2D eigenvalue weighted by molar-refractivity contribution is 6.00. The summed E-state index contributed by atoms with van der Waals surface area (Å²) in [4.78, 5) is 2.44. The molecule has 260 valence electrons. The lowest BCUT2D eigenvalue weighted by Crippen LogP contribution is -2.13. The topological polar surface area (TPSA) is 3.24 Å². The average Bonchev–Trinajstić information content (AvgIpc) is 3.28. The van der Waals surface area contributed by atoms with E-state index in [9.17, 15) is 0 Å². The Morgan fingerprint density at radius 3 is 0.891 bits per heavy atom. The molecular weight excluding hydrogens is 663 g/mol. The Morgan fingerprint density at radius 2 is 0.491 bits per heavy atom. The molecule has 9 aromatic rings. The third kappa shape index (κ3) is 7.12. The third-order valence-electron chi connectivity index (χ3n) is 10.3. The summed E-state index contributed by atoms with van der Waals surface area (Å²) in [5.74, 6) is 0. The van der Waals surface area contributed by atoms with Crippen LogP contribution < -0.4 is 4.90 Å². The molecule has 9 rings (SSSR count). The molecule has 0 amide bonds. The van der Waals surface area contributed by atoms with E-state index >= 15 is 0 Å². The zero-order valence-corrected chi connectivity index (χ0v) is 30.5. The van der Waals surface area contributed by atoms with Crippen molar-refractivity contribution in [1.29, 1.82) is 0 Å². The van der Waals surface area contributed by atoms with E-state index < -0.39 is 0 Å². The summed E-state index contributed by atoms with van der Waals surface area (Å²) in [5, 5.41) is 0. The van der Waals surface area contributed by atoms with Crippen molar-refractivity contribution in [3.63, 3.8) is 0 Å². The van der Waals surface area contributed by atoms with E-state index in [2.05, 4.69) is 241 Å². The van der Waals surface area contributed by atoms with E-state index in [1.54, 1.807) is 0 Å². The SMILES string of the molecule is c1ccc(-c2ccc(N(c3ccc(-c4cccc(-c5ccccc5)c4)cc3)c3c(-c4ccccc4)cc(-c4ccccc4)cc3-c3ccccc3)cc2)cc1. The van der Waals surface area contributed by atoms with Crippen molar-refractivity contribution in [3.8, 4) is 66.8 Å². The maximum atomic E-state index is 2.44. The van der Waals surface area contributed by atoms with Crippen LogP contribution in [0.4, 0.5) is 17.1 Å². The van der Waals surface area contributed by atoms with Gasteiger partial charge in [-0.3, -0.25) is 0 Å². The molecule has 0 saturated carbocycles. The lowest BCUT2D eigenvalue weighted by molar-refractivity contribution is 1.28. The minimum absolute atomic E-state index is 1.08. The Bertz CT molecular complexity index is 2570. The van der Waals surface area contributed by atoms with Crippen molar-refractivity contribution >= 4 is 17.1 Å². The molecule has 0 aromatic heterocycles. The highest BCUT2D eigenvalue weighted by Gasteiger charge is 2.24. The highest BCUT2D eigenvalue weighted by atomic mass is 15.1. The van der Waals surface area contributed by atoms with Crippen LogP contribution in [-0.4, -0.2) is 0 Å². The first-order valence-electron chi connectivity index (χ1n) is 18.8. The second-order valence-electron chi connectivity index (χ2n) is 13.8. The molecule has 1 nitrogen and oxygen atoms in total. The molecule has 55 heavy (non-hydrogen) atoms. The maximum absolute atomic E-state index is 2.44. The molecule has 0 atom stereocenters. The summed E-state index contributed by atoms with van der Waals surface area (Å²) in [6.45, 7) is 0. The summed E-state index contributed by atoms with van der Waals surface area (Å²) in [6, 6.07) is 85.1. The first-order valence-corrected chi connectivity index (χ1v) is 18.8. The molecule has 0 spiro atoms. The van der Waals surface area contributed by atoms with Crippen LogP contribution in [-0.2, 0) is 0 Å². The van der Waals surface area contributed by atoms with E-state index in [0.717, 1.165) is 39.3 Å². The number of nitrogens with zero attached hydrogens (tertiary/aromatic N) is 1. The minimum atomic E-state index is 1.08. The summed E-state index contributed by atoms with van der Waals surface area (Å²) in [6.07, 6.45) is 0. The van der Waals surface area contributed by atoms with Crippen molar-refractivity contribution in [2.75, 3.05) is 4.90 Å².